The smallest absolute Gasteiger partial charge is 0.139 e. The topological polar surface area (TPSA) is 18.5 Å². The van der Waals surface area contributed by atoms with E-state index in [0.717, 1.165) is 35.2 Å². The Morgan fingerprint density at radius 1 is 0.404 bits per heavy atom. The Balaban J connectivity index is 1.25. The van der Waals surface area contributed by atoms with Crippen molar-refractivity contribution in [3.8, 4) is 44.9 Å². The van der Waals surface area contributed by atoms with E-state index >= 15 is 0 Å². The molecule has 2 saturated carbocycles. The minimum atomic E-state index is -0.604. The van der Waals surface area contributed by atoms with Crippen molar-refractivity contribution in [2.24, 2.45) is 23.7 Å². The monoisotopic (exact) mass is 718 g/mol. The van der Waals surface area contributed by atoms with Crippen LogP contribution in [0.5, 0.6) is 11.5 Å². The molecule has 0 aromatic heterocycles. The molecular weight excluding hydrogens is 670 g/mol. The molecule has 4 atom stereocenters. The van der Waals surface area contributed by atoms with E-state index in [1.165, 1.54) is 131 Å². The van der Waals surface area contributed by atoms with Crippen LogP contribution in [0.3, 0.4) is 0 Å². The Morgan fingerprint density at radius 3 is 1.13 bits per heavy atom. The average Bonchev–Trinajstić information content (AvgIpc) is 3.81. The molecule has 2 saturated heterocycles. The molecule has 0 radical (unpaired) electrons. The fourth-order valence-corrected chi connectivity index (χ4v) is 15.6. The molecule has 0 N–H and O–H groups in total. The van der Waals surface area contributed by atoms with Gasteiger partial charge < -0.3 is 9.05 Å². The molecule has 0 amide bonds. The third kappa shape index (κ3) is 6.15. The molecule has 6 aromatic rings. The molecular formula is C48H48O2P2. The van der Waals surface area contributed by atoms with Crippen LogP contribution in [0.2, 0.25) is 0 Å². The van der Waals surface area contributed by atoms with Crippen LogP contribution in [0.25, 0.3) is 54.9 Å². The van der Waals surface area contributed by atoms with Gasteiger partial charge in [-0.1, -0.05) is 135 Å². The first-order valence-corrected chi connectivity index (χ1v) is 23.1. The van der Waals surface area contributed by atoms with Gasteiger partial charge in [0.2, 0.25) is 0 Å². The molecule has 2 nitrogen and oxygen atoms in total. The standard InChI is InChI=1S/C48H48O2P2/c1-3-15-33(16-4-1)43-27-35-19-11-13-25-41(35)45(47(43)49-51-29-37-21-7-8-22-38(37)30-51)46-42-26-14-12-20-36(42)28-44(34-17-5-2-6-18-34)48(46)50-52-31-39-23-9-10-24-40(39)32-52/h1-6,11-20,25-28,37-40H,7-10,21-24,29-32H2. The predicted octanol–water partition coefficient (Wildman–Crippen LogP) is 14.2. The van der Waals surface area contributed by atoms with Crippen LogP contribution in [-0.4, -0.2) is 24.6 Å². The van der Waals surface area contributed by atoms with E-state index in [2.05, 4.69) is 121 Å². The second-order valence-corrected chi connectivity index (χ2v) is 19.7. The number of hydrogen-bond donors (Lipinski definition) is 0. The molecule has 0 bridgehead atoms. The fraction of sp³-hybridized carbons (Fsp3) is 0.333. The summed E-state index contributed by atoms with van der Waals surface area (Å²) in [6.45, 7) is 0. The Kier molecular flexibility index (Phi) is 9.03. The summed E-state index contributed by atoms with van der Waals surface area (Å²) in [6, 6.07) is 44.8. The zero-order valence-electron chi connectivity index (χ0n) is 30.1. The summed E-state index contributed by atoms with van der Waals surface area (Å²) in [5.41, 5.74) is 7.25. The minimum Gasteiger partial charge on any atom is -0.473 e. The van der Waals surface area contributed by atoms with E-state index in [1.54, 1.807) is 0 Å². The molecule has 4 aliphatic rings. The number of hydrogen-bond acceptors (Lipinski definition) is 2. The van der Waals surface area contributed by atoms with E-state index in [4.69, 9.17) is 9.05 Å². The van der Waals surface area contributed by atoms with Crippen LogP contribution in [-0.2, 0) is 0 Å². The average molecular weight is 719 g/mol. The maximum atomic E-state index is 7.66. The van der Waals surface area contributed by atoms with Crippen molar-refractivity contribution < 1.29 is 9.05 Å². The summed E-state index contributed by atoms with van der Waals surface area (Å²) in [5.74, 6) is 5.39. The first kappa shape index (κ1) is 32.9. The second-order valence-electron chi connectivity index (χ2n) is 15.9. The molecule has 4 heteroatoms. The lowest BCUT2D eigenvalue weighted by Gasteiger charge is -2.27. The summed E-state index contributed by atoms with van der Waals surface area (Å²) >= 11 is 0. The van der Waals surface area contributed by atoms with E-state index in [-0.39, 0.29) is 0 Å². The van der Waals surface area contributed by atoms with Gasteiger partial charge in [0.05, 0.1) is 16.3 Å². The Hall–Kier alpha value is -3.70. The highest BCUT2D eigenvalue weighted by Gasteiger charge is 2.40. The minimum absolute atomic E-state index is 0.604. The van der Waals surface area contributed by atoms with Crippen molar-refractivity contribution in [2.45, 2.75) is 51.4 Å². The highest BCUT2D eigenvalue weighted by molar-refractivity contribution is 7.53. The second kappa shape index (κ2) is 14.3. The lowest BCUT2D eigenvalue weighted by molar-refractivity contribution is 0.299. The van der Waals surface area contributed by atoms with Gasteiger partial charge in [0.15, 0.2) is 0 Å². The van der Waals surface area contributed by atoms with Crippen LogP contribution in [0, 0.1) is 23.7 Å². The lowest BCUT2D eigenvalue weighted by Crippen LogP contribution is -2.16. The summed E-state index contributed by atoms with van der Waals surface area (Å²) < 4.78 is 15.3. The maximum Gasteiger partial charge on any atom is 0.139 e. The van der Waals surface area contributed by atoms with E-state index in [0.29, 0.717) is 0 Å². The van der Waals surface area contributed by atoms with Crippen LogP contribution < -0.4 is 9.05 Å². The van der Waals surface area contributed by atoms with Gasteiger partial charge in [-0.2, -0.15) is 0 Å². The molecule has 0 spiro atoms. The predicted molar refractivity (Wildman–Crippen MR) is 223 cm³/mol. The quantitative estimate of drug-likeness (QED) is 0.153. The zero-order valence-corrected chi connectivity index (χ0v) is 31.8. The fourth-order valence-electron chi connectivity index (χ4n) is 10.1. The molecule has 2 aliphatic heterocycles. The molecule has 4 unspecified atom stereocenters. The van der Waals surface area contributed by atoms with E-state index < -0.39 is 16.3 Å². The van der Waals surface area contributed by atoms with Gasteiger partial charge in [-0.3, -0.25) is 0 Å². The van der Waals surface area contributed by atoms with Crippen LogP contribution >= 0.6 is 16.3 Å². The normalized spacial score (nSPS) is 25.5. The lowest BCUT2D eigenvalue weighted by atomic mass is 9.82. The number of rotatable bonds is 7. The summed E-state index contributed by atoms with van der Waals surface area (Å²) in [5, 5.41) is 4.98. The summed E-state index contributed by atoms with van der Waals surface area (Å²) in [7, 11) is -1.21. The Morgan fingerprint density at radius 2 is 0.750 bits per heavy atom. The van der Waals surface area contributed by atoms with Crippen molar-refractivity contribution in [1.82, 2.24) is 0 Å². The van der Waals surface area contributed by atoms with Crippen molar-refractivity contribution in [3.63, 3.8) is 0 Å². The molecule has 52 heavy (non-hydrogen) atoms. The SMILES string of the molecule is c1ccc(-c2cc3ccccc3c(-c3c(OP4CC5CCCCC5C4)c(-c4ccccc4)cc4ccccc34)c2OP2CC3CCCCC3C2)cc1. The summed E-state index contributed by atoms with van der Waals surface area (Å²) in [6.07, 6.45) is 15.9. The first-order valence-electron chi connectivity index (χ1n) is 19.9. The molecule has 2 aliphatic carbocycles. The largest absolute Gasteiger partial charge is 0.473 e. The van der Waals surface area contributed by atoms with Gasteiger partial charge in [-0.05, 0) is 94.2 Å². The van der Waals surface area contributed by atoms with Crippen molar-refractivity contribution >= 4 is 37.8 Å². The number of benzene rings is 6. The highest BCUT2D eigenvalue weighted by atomic mass is 31.1. The zero-order chi connectivity index (χ0) is 34.4. The van der Waals surface area contributed by atoms with Gasteiger partial charge >= 0.3 is 0 Å². The highest BCUT2D eigenvalue weighted by Crippen LogP contribution is 2.62. The molecule has 4 fully saturated rings. The third-order valence-electron chi connectivity index (χ3n) is 12.7. The number of fused-ring (bicyclic) bond motifs is 4. The van der Waals surface area contributed by atoms with Crippen LogP contribution in [0.1, 0.15) is 51.4 Å². The van der Waals surface area contributed by atoms with Gasteiger partial charge in [0, 0.05) is 46.9 Å². The first-order chi connectivity index (χ1) is 25.8. The van der Waals surface area contributed by atoms with Crippen molar-refractivity contribution in [3.05, 3.63) is 121 Å². The third-order valence-corrected chi connectivity index (χ3v) is 17.1. The molecule has 262 valence electrons. The van der Waals surface area contributed by atoms with Gasteiger partial charge in [0.25, 0.3) is 0 Å². The van der Waals surface area contributed by atoms with Crippen molar-refractivity contribution in [2.75, 3.05) is 24.6 Å². The maximum absolute atomic E-state index is 7.66. The van der Waals surface area contributed by atoms with Gasteiger partial charge in [0.1, 0.15) is 11.5 Å². The Bertz CT molecular complexity index is 2030. The van der Waals surface area contributed by atoms with Crippen LogP contribution in [0.4, 0.5) is 0 Å². The van der Waals surface area contributed by atoms with E-state index in [1.807, 2.05) is 0 Å². The van der Waals surface area contributed by atoms with Crippen LogP contribution in [0.15, 0.2) is 121 Å². The summed E-state index contributed by atoms with van der Waals surface area (Å²) in [4.78, 5) is 0. The molecule has 6 aromatic carbocycles. The molecule has 2 heterocycles. The molecule has 10 rings (SSSR count). The van der Waals surface area contributed by atoms with Crippen molar-refractivity contribution in [1.29, 1.82) is 0 Å². The van der Waals surface area contributed by atoms with Gasteiger partial charge in [-0.25, -0.2) is 0 Å². The van der Waals surface area contributed by atoms with E-state index in [9.17, 15) is 0 Å². The van der Waals surface area contributed by atoms with Gasteiger partial charge in [-0.15, -0.1) is 0 Å². The Labute approximate surface area is 311 Å².